The van der Waals surface area contributed by atoms with E-state index < -0.39 is 6.10 Å². The number of benzene rings is 2. The number of hydrogen-bond acceptors (Lipinski definition) is 5. The van der Waals surface area contributed by atoms with Crippen LogP contribution in [0.5, 0.6) is 11.5 Å². The number of aromatic hydroxyl groups is 2. The van der Waals surface area contributed by atoms with Gasteiger partial charge in [0.1, 0.15) is 0 Å². The van der Waals surface area contributed by atoms with Crippen LogP contribution in [0.15, 0.2) is 42.5 Å². The number of aliphatic hydroxyl groups excluding tert-OH is 1. The number of rotatable bonds is 10. The first-order chi connectivity index (χ1) is 13.3. The van der Waals surface area contributed by atoms with E-state index in [1.165, 1.54) is 12.1 Å². The third-order valence-electron chi connectivity index (χ3n) is 4.67. The fourth-order valence-corrected chi connectivity index (χ4v) is 2.88. The Morgan fingerprint density at radius 2 is 1.72 bits per heavy atom. The van der Waals surface area contributed by atoms with Crippen LogP contribution in [0.1, 0.15) is 49.8 Å². The van der Waals surface area contributed by atoms with E-state index in [-0.39, 0.29) is 35.9 Å². The summed E-state index contributed by atoms with van der Waals surface area (Å²) in [6.07, 6.45) is 2.32. The highest BCUT2D eigenvalue weighted by molar-refractivity contribution is 5.90. The number of anilines is 1. The summed E-state index contributed by atoms with van der Waals surface area (Å²) in [7, 11) is 0. The Bertz CT molecular complexity index is 768. The molecule has 160 valence electrons. The summed E-state index contributed by atoms with van der Waals surface area (Å²) in [5.41, 5.74) is 2.52. The first kappa shape index (κ1) is 24.8. The summed E-state index contributed by atoms with van der Waals surface area (Å²) in [4.78, 5) is 12.0. The molecule has 0 bridgehead atoms. The number of carbonyl (C=O) groups is 1. The summed E-state index contributed by atoms with van der Waals surface area (Å²) in [5, 5.41) is 35.2. The van der Waals surface area contributed by atoms with Gasteiger partial charge in [-0.3, -0.25) is 4.79 Å². The normalized spacial score (nSPS) is 12.7. The maximum absolute atomic E-state index is 12.0. The number of hydrogen-bond donors (Lipinski definition) is 5. The number of halogens is 1. The number of nitrogens with one attached hydrogen (secondary N) is 2. The summed E-state index contributed by atoms with van der Waals surface area (Å²) in [6, 6.07) is 12.2. The topological polar surface area (TPSA) is 102 Å². The van der Waals surface area contributed by atoms with Crippen LogP contribution in [-0.2, 0) is 4.79 Å². The second-order valence-electron chi connectivity index (χ2n) is 7.23. The Morgan fingerprint density at radius 1 is 1.03 bits per heavy atom. The quantitative estimate of drug-likeness (QED) is 0.294. The zero-order valence-electron chi connectivity index (χ0n) is 16.9. The fraction of sp³-hybridized carbons (Fsp3) is 0.409. The van der Waals surface area contributed by atoms with Crippen LogP contribution in [0, 0.1) is 6.92 Å². The molecule has 0 aliphatic carbocycles. The van der Waals surface area contributed by atoms with Crippen molar-refractivity contribution in [2.24, 2.45) is 0 Å². The van der Waals surface area contributed by atoms with Gasteiger partial charge in [0.15, 0.2) is 11.5 Å². The molecule has 7 heteroatoms. The smallest absolute Gasteiger partial charge is 0.224 e. The Morgan fingerprint density at radius 3 is 2.38 bits per heavy atom. The van der Waals surface area contributed by atoms with Gasteiger partial charge in [-0.05, 0) is 56.5 Å². The molecule has 0 aromatic heterocycles. The standard InChI is InChI=1S/C22H30N2O4.ClH/c1-15-7-10-18(11-8-15)24-22(28)6-4-3-5-16(2)23-14-21(27)17-9-12-19(25)20(26)13-17;/h7-13,16,21,23,25-27H,3-6,14H2,1-2H3,(H,24,28);1H. The maximum atomic E-state index is 12.0. The zero-order valence-corrected chi connectivity index (χ0v) is 17.7. The minimum atomic E-state index is -0.769. The predicted molar refractivity (Wildman–Crippen MR) is 118 cm³/mol. The number of carbonyl (C=O) groups excluding carboxylic acids is 1. The number of unbranched alkanes of at least 4 members (excludes halogenated alkanes) is 1. The molecule has 2 unspecified atom stereocenters. The Hall–Kier alpha value is -2.28. The van der Waals surface area contributed by atoms with Crippen LogP contribution < -0.4 is 10.6 Å². The molecule has 2 atom stereocenters. The third-order valence-corrected chi connectivity index (χ3v) is 4.67. The summed E-state index contributed by atoms with van der Waals surface area (Å²) in [6.45, 7) is 4.39. The summed E-state index contributed by atoms with van der Waals surface area (Å²) >= 11 is 0. The lowest BCUT2D eigenvalue weighted by Gasteiger charge is -2.17. The Balaban J connectivity index is 0.00000420. The van der Waals surface area contributed by atoms with E-state index in [2.05, 4.69) is 10.6 Å². The average Bonchev–Trinajstić information content (AvgIpc) is 2.67. The maximum Gasteiger partial charge on any atom is 0.224 e. The van der Waals surface area contributed by atoms with E-state index in [1.54, 1.807) is 6.07 Å². The van der Waals surface area contributed by atoms with Crippen molar-refractivity contribution >= 4 is 24.0 Å². The molecule has 0 aliphatic rings. The zero-order chi connectivity index (χ0) is 20.5. The molecule has 0 radical (unpaired) electrons. The van der Waals surface area contributed by atoms with E-state index in [4.69, 9.17) is 0 Å². The van der Waals surface area contributed by atoms with Crippen LogP contribution in [0.2, 0.25) is 0 Å². The molecule has 0 spiro atoms. The van der Waals surface area contributed by atoms with Crippen molar-refractivity contribution in [2.75, 3.05) is 11.9 Å². The molecule has 1 amide bonds. The SMILES string of the molecule is Cc1ccc(NC(=O)CCCCC(C)NCC(O)c2ccc(O)c(O)c2)cc1.Cl. The van der Waals surface area contributed by atoms with Crippen LogP contribution in [0.25, 0.3) is 0 Å². The van der Waals surface area contributed by atoms with Gasteiger partial charge in [-0.15, -0.1) is 12.4 Å². The van der Waals surface area contributed by atoms with Gasteiger partial charge in [0.2, 0.25) is 5.91 Å². The number of phenols is 2. The second-order valence-corrected chi connectivity index (χ2v) is 7.23. The molecule has 29 heavy (non-hydrogen) atoms. The van der Waals surface area contributed by atoms with Gasteiger partial charge >= 0.3 is 0 Å². The van der Waals surface area contributed by atoms with Gasteiger partial charge in [-0.25, -0.2) is 0 Å². The fourth-order valence-electron chi connectivity index (χ4n) is 2.88. The van der Waals surface area contributed by atoms with E-state index in [1.807, 2.05) is 38.1 Å². The number of aryl methyl sites for hydroxylation is 1. The molecule has 2 aromatic rings. The molecular formula is C22H31ClN2O4. The van der Waals surface area contributed by atoms with Crippen molar-refractivity contribution in [1.29, 1.82) is 0 Å². The highest BCUT2D eigenvalue weighted by Crippen LogP contribution is 2.27. The van der Waals surface area contributed by atoms with Crippen LogP contribution >= 0.6 is 12.4 Å². The van der Waals surface area contributed by atoms with Gasteiger partial charge in [-0.1, -0.05) is 30.2 Å². The molecule has 0 fully saturated rings. The Kier molecular flexibility index (Phi) is 10.5. The lowest BCUT2D eigenvalue weighted by atomic mass is 10.1. The van der Waals surface area contributed by atoms with Crippen LogP contribution in [0.3, 0.4) is 0 Å². The number of phenolic OH excluding ortho intramolecular Hbond substituents is 2. The van der Waals surface area contributed by atoms with E-state index in [0.29, 0.717) is 18.5 Å². The minimum Gasteiger partial charge on any atom is -0.504 e. The number of aliphatic hydroxyl groups is 1. The highest BCUT2D eigenvalue weighted by Gasteiger charge is 2.12. The molecule has 2 rings (SSSR count). The molecule has 2 aromatic carbocycles. The van der Waals surface area contributed by atoms with Crippen molar-refractivity contribution in [3.05, 3.63) is 53.6 Å². The van der Waals surface area contributed by atoms with Crippen molar-refractivity contribution in [1.82, 2.24) is 5.32 Å². The van der Waals surface area contributed by atoms with Crippen LogP contribution in [-0.4, -0.2) is 33.8 Å². The van der Waals surface area contributed by atoms with Gasteiger partial charge in [0, 0.05) is 24.7 Å². The van der Waals surface area contributed by atoms with Crippen molar-refractivity contribution < 1.29 is 20.1 Å². The van der Waals surface area contributed by atoms with Crippen molar-refractivity contribution in [3.8, 4) is 11.5 Å². The van der Waals surface area contributed by atoms with Gasteiger partial charge in [-0.2, -0.15) is 0 Å². The van der Waals surface area contributed by atoms with E-state index in [0.717, 1.165) is 30.5 Å². The average molecular weight is 423 g/mol. The summed E-state index contributed by atoms with van der Waals surface area (Å²) in [5.74, 6) is -0.427. The predicted octanol–water partition coefficient (Wildman–Crippen LogP) is 4.04. The largest absolute Gasteiger partial charge is 0.504 e. The molecular weight excluding hydrogens is 392 g/mol. The van der Waals surface area contributed by atoms with Crippen molar-refractivity contribution in [3.63, 3.8) is 0 Å². The molecule has 6 nitrogen and oxygen atoms in total. The molecule has 5 N–H and O–H groups in total. The van der Waals surface area contributed by atoms with Gasteiger partial charge < -0.3 is 26.0 Å². The van der Waals surface area contributed by atoms with E-state index in [9.17, 15) is 20.1 Å². The molecule has 0 saturated heterocycles. The Labute approximate surface area is 178 Å². The highest BCUT2D eigenvalue weighted by atomic mass is 35.5. The van der Waals surface area contributed by atoms with Gasteiger partial charge in [0.05, 0.1) is 6.10 Å². The summed E-state index contributed by atoms with van der Waals surface area (Å²) < 4.78 is 0. The first-order valence-electron chi connectivity index (χ1n) is 9.65. The molecule has 0 aliphatic heterocycles. The lowest BCUT2D eigenvalue weighted by molar-refractivity contribution is -0.116. The minimum absolute atomic E-state index is 0. The molecule has 0 heterocycles. The lowest BCUT2D eigenvalue weighted by Crippen LogP contribution is -2.30. The van der Waals surface area contributed by atoms with Crippen molar-refractivity contribution in [2.45, 2.75) is 51.7 Å². The first-order valence-corrected chi connectivity index (χ1v) is 9.65. The number of amides is 1. The third kappa shape index (κ3) is 8.73. The van der Waals surface area contributed by atoms with Gasteiger partial charge in [0.25, 0.3) is 0 Å². The monoisotopic (exact) mass is 422 g/mol. The van der Waals surface area contributed by atoms with E-state index >= 15 is 0 Å². The van der Waals surface area contributed by atoms with Crippen LogP contribution in [0.4, 0.5) is 5.69 Å². The molecule has 0 saturated carbocycles. The second kappa shape index (κ2) is 12.3.